The number of rotatable bonds is 4. The van der Waals surface area contributed by atoms with Gasteiger partial charge in [-0.2, -0.15) is 0 Å². The van der Waals surface area contributed by atoms with Crippen LogP contribution < -0.4 is 19.5 Å². The fraction of sp³-hybridized carbons (Fsp3) is 0.350. The van der Waals surface area contributed by atoms with Gasteiger partial charge in [-0.15, -0.1) is 0 Å². The SMILES string of the molecule is COc1ccc(C(C)(C)C)cc1NC(=O)c1cc2c(cc1[N+](=O)[O-])OCCO2. The number of anilines is 1. The smallest absolute Gasteiger partial charge is 0.286 e. The minimum Gasteiger partial charge on any atom is -0.495 e. The summed E-state index contributed by atoms with van der Waals surface area (Å²) >= 11 is 0. The first-order chi connectivity index (χ1) is 13.2. The summed E-state index contributed by atoms with van der Waals surface area (Å²) in [5.41, 5.74) is 0.809. The molecule has 8 nitrogen and oxygen atoms in total. The molecular formula is C20H22N2O6. The second-order valence-corrected chi connectivity index (χ2v) is 7.39. The summed E-state index contributed by atoms with van der Waals surface area (Å²) in [5.74, 6) is 0.383. The van der Waals surface area contributed by atoms with Gasteiger partial charge in [0, 0.05) is 6.07 Å². The monoisotopic (exact) mass is 386 g/mol. The van der Waals surface area contributed by atoms with E-state index in [2.05, 4.69) is 5.32 Å². The fourth-order valence-electron chi connectivity index (χ4n) is 2.87. The third-order valence-electron chi connectivity index (χ3n) is 4.42. The number of ether oxygens (including phenoxy) is 3. The number of hydrogen-bond donors (Lipinski definition) is 1. The van der Waals surface area contributed by atoms with Crippen molar-refractivity contribution in [1.29, 1.82) is 0 Å². The van der Waals surface area contributed by atoms with E-state index in [1.54, 1.807) is 12.1 Å². The van der Waals surface area contributed by atoms with Gasteiger partial charge in [-0.25, -0.2) is 0 Å². The van der Waals surface area contributed by atoms with Gasteiger partial charge in [0.1, 0.15) is 24.5 Å². The zero-order valence-corrected chi connectivity index (χ0v) is 16.2. The quantitative estimate of drug-likeness (QED) is 0.631. The highest BCUT2D eigenvalue weighted by molar-refractivity contribution is 6.08. The van der Waals surface area contributed by atoms with Crippen molar-refractivity contribution in [2.75, 3.05) is 25.6 Å². The Balaban J connectivity index is 2.00. The Bertz CT molecular complexity index is 933. The van der Waals surface area contributed by atoms with Gasteiger partial charge in [-0.05, 0) is 23.1 Å². The highest BCUT2D eigenvalue weighted by Crippen LogP contribution is 2.38. The molecule has 1 heterocycles. The van der Waals surface area contributed by atoms with Crippen molar-refractivity contribution in [1.82, 2.24) is 0 Å². The predicted molar refractivity (Wildman–Crippen MR) is 104 cm³/mol. The minimum absolute atomic E-state index is 0.113. The number of nitrogens with zero attached hydrogens (tertiary/aromatic N) is 1. The Kier molecular flexibility index (Phi) is 5.13. The number of amides is 1. The molecular weight excluding hydrogens is 364 g/mol. The maximum Gasteiger partial charge on any atom is 0.286 e. The van der Waals surface area contributed by atoms with Crippen LogP contribution in [0.15, 0.2) is 30.3 Å². The average molecular weight is 386 g/mol. The Morgan fingerprint density at radius 3 is 2.36 bits per heavy atom. The zero-order chi connectivity index (χ0) is 20.5. The first kappa shape index (κ1) is 19.5. The van der Waals surface area contributed by atoms with E-state index in [1.165, 1.54) is 19.2 Å². The first-order valence-electron chi connectivity index (χ1n) is 8.78. The second kappa shape index (κ2) is 7.38. The molecule has 8 heteroatoms. The number of hydrogen-bond acceptors (Lipinski definition) is 6. The Morgan fingerprint density at radius 1 is 1.14 bits per heavy atom. The van der Waals surface area contributed by atoms with Crippen molar-refractivity contribution in [2.24, 2.45) is 0 Å². The lowest BCUT2D eigenvalue weighted by Crippen LogP contribution is -2.19. The maximum atomic E-state index is 12.9. The summed E-state index contributed by atoms with van der Waals surface area (Å²) in [6.07, 6.45) is 0. The molecule has 0 saturated heterocycles. The predicted octanol–water partition coefficient (Wildman–Crippen LogP) is 3.92. The van der Waals surface area contributed by atoms with E-state index in [9.17, 15) is 14.9 Å². The number of nitrogens with one attached hydrogen (secondary N) is 1. The van der Waals surface area contributed by atoms with Crippen LogP contribution in [0.3, 0.4) is 0 Å². The summed E-state index contributed by atoms with van der Waals surface area (Å²) < 4.78 is 16.2. The van der Waals surface area contributed by atoms with Gasteiger partial charge in [0.05, 0.1) is 23.8 Å². The van der Waals surface area contributed by atoms with E-state index in [0.29, 0.717) is 30.4 Å². The highest BCUT2D eigenvalue weighted by Gasteiger charge is 2.27. The lowest BCUT2D eigenvalue weighted by atomic mass is 9.87. The van der Waals surface area contributed by atoms with Crippen molar-refractivity contribution >= 4 is 17.3 Å². The third kappa shape index (κ3) is 3.85. The summed E-state index contributed by atoms with van der Waals surface area (Å²) in [6.45, 7) is 6.75. The molecule has 0 saturated carbocycles. The van der Waals surface area contributed by atoms with Crippen LogP contribution in [-0.2, 0) is 5.41 Å². The van der Waals surface area contributed by atoms with E-state index in [1.807, 2.05) is 26.8 Å². The molecule has 2 aromatic carbocycles. The van der Waals surface area contributed by atoms with Crippen LogP contribution in [-0.4, -0.2) is 31.2 Å². The molecule has 0 spiro atoms. The van der Waals surface area contributed by atoms with E-state index < -0.39 is 10.8 Å². The standard InChI is InChI=1S/C20H22N2O6/c1-20(2,3)12-5-6-16(26-4)14(9-12)21-19(23)13-10-17-18(28-8-7-27-17)11-15(13)22(24)25/h5-6,9-11H,7-8H2,1-4H3,(H,21,23). The van der Waals surface area contributed by atoms with Crippen LogP contribution >= 0.6 is 0 Å². The number of benzene rings is 2. The van der Waals surface area contributed by atoms with E-state index in [0.717, 1.165) is 5.56 Å². The Hall–Kier alpha value is -3.29. The number of carbonyl (C=O) groups is 1. The topological polar surface area (TPSA) is 99.9 Å². The van der Waals surface area contributed by atoms with E-state index >= 15 is 0 Å². The summed E-state index contributed by atoms with van der Waals surface area (Å²) in [7, 11) is 1.49. The second-order valence-electron chi connectivity index (χ2n) is 7.39. The molecule has 0 unspecified atom stereocenters. The minimum atomic E-state index is -0.631. The van der Waals surface area contributed by atoms with Crippen LogP contribution in [0.4, 0.5) is 11.4 Å². The van der Waals surface area contributed by atoms with Gasteiger partial charge in [0.25, 0.3) is 11.6 Å². The van der Waals surface area contributed by atoms with Crippen molar-refractivity contribution < 1.29 is 23.9 Å². The van der Waals surface area contributed by atoms with Gasteiger partial charge >= 0.3 is 0 Å². The number of methoxy groups -OCH3 is 1. The number of nitro benzene ring substituents is 1. The molecule has 0 atom stereocenters. The number of nitro groups is 1. The van der Waals surface area contributed by atoms with Crippen LogP contribution in [0, 0.1) is 10.1 Å². The fourth-order valence-corrected chi connectivity index (χ4v) is 2.87. The van der Waals surface area contributed by atoms with Gasteiger partial charge in [-0.3, -0.25) is 14.9 Å². The van der Waals surface area contributed by atoms with Crippen molar-refractivity contribution in [2.45, 2.75) is 26.2 Å². The van der Waals surface area contributed by atoms with Gasteiger partial charge < -0.3 is 19.5 Å². The van der Waals surface area contributed by atoms with Gasteiger partial charge in [0.15, 0.2) is 11.5 Å². The van der Waals surface area contributed by atoms with Crippen LogP contribution in [0.2, 0.25) is 0 Å². The molecule has 28 heavy (non-hydrogen) atoms. The molecule has 0 aliphatic carbocycles. The van der Waals surface area contributed by atoms with E-state index in [-0.39, 0.29) is 22.4 Å². The molecule has 0 radical (unpaired) electrons. The molecule has 1 aliphatic rings. The summed E-state index contributed by atoms with van der Waals surface area (Å²) in [6, 6.07) is 8.03. The molecule has 1 aliphatic heterocycles. The van der Waals surface area contributed by atoms with E-state index in [4.69, 9.17) is 14.2 Å². The largest absolute Gasteiger partial charge is 0.495 e. The van der Waals surface area contributed by atoms with Crippen molar-refractivity contribution in [3.8, 4) is 17.2 Å². The van der Waals surface area contributed by atoms with Crippen molar-refractivity contribution in [3.63, 3.8) is 0 Å². The highest BCUT2D eigenvalue weighted by atomic mass is 16.6. The van der Waals surface area contributed by atoms with Crippen LogP contribution in [0.5, 0.6) is 17.2 Å². The first-order valence-corrected chi connectivity index (χ1v) is 8.78. The molecule has 0 aromatic heterocycles. The molecule has 2 aromatic rings. The van der Waals surface area contributed by atoms with Crippen LogP contribution in [0.25, 0.3) is 0 Å². The zero-order valence-electron chi connectivity index (χ0n) is 16.2. The average Bonchev–Trinajstić information content (AvgIpc) is 2.66. The van der Waals surface area contributed by atoms with Crippen LogP contribution in [0.1, 0.15) is 36.7 Å². The summed E-state index contributed by atoms with van der Waals surface area (Å²) in [4.78, 5) is 23.7. The summed E-state index contributed by atoms with van der Waals surface area (Å²) in [5, 5.41) is 14.2. The molecule has 0 fully saturated rings. The molecule has 0 bridgehead atoms. The lowest BCUT2D eigenvalue weighted by molar-refractivity contribution is -0.385. The number of carbonyl (C=O) groups excluding carboxylic acids is 1. The third-order valence-corrected chi connectivity index (χ3v) is 4.42. The van der Waals surface area contributed by atoms with Gasteiger partial charge in [0.2, 0.25) is 0 Å². The lowest BCUT2D eigenvalue weighted by Gasteiger charge is -2.21. The molecule has 148 valence electrons. The molecule has 1 amide bonds. The van der Waals surface area contributed by atoms with Crippen molar-refractivity contribution in [3.05, 3.63) is 51.6 Å². The Labute approximate surface area is 162 Å². The Morgan fingerprint density at radius 2 is 1.79 bits per heavy atom. The maximum absolute atomic E-state index is 12.9. The normalized spacial score (nSPS) is 13.0. The number of fused-ring (bicyclic) bond motifs is 1. The molecule has 3 rings (SSSR count). The van der Waals surface area contributed by atoms with Gasteiger partial charge in [-0.1, -0.05) is 26.8 Å². The molecule has 1 N–H and O–H groups in total.